The summed E-state index contributed by atoms with van der Waals surface area (Å²) in [6, 6.07) is 0.210. The highest BCUT2D eigenvalue weighted by Crippen LogP contribution is 2.28. The minimum Gasteiger partial charge on any atom is -0.468 e. The Hall–Kier alpha value is -1.10. The van der Waals surface area contributed by atoms with Crippen molar-refractivity contribution in [2.45, 2.75) is 31.4 Å². The summed E-state index contributed by atoms with van der Waals surface area (Å²) in [4.78, 5) is 24.2. The highest BCUT2D eigenvalue weighted by atomic mass is 16.5. The number of likely N-dealkylation sites (tertiary alicyclic amines) is 1. The molecule has 2 unspecified atom stereocenters. The van der Waals surface area contributed by atoms with Gasteiger partial charge in [0.25, 0.3) is 0 Å². The number of esters is 2. The van der Waals surface area contributed by atoms with Gasteiger partial charge in [-0.2, -0.15) is 0 Å². The average Bonchev–Trinajstić information content (AvgIpc) is 2.60. The van der Waals surface area contributed by atoms with E-state index in [9.17, 15) is 9.59 Å². The van der Waals surface area contributed by atoms with E-state index >= 15 is 0 Å². The molecular weight excluding hydrogens is 198 g/mol. The first-order chi connectivity index (χ1) is 7.20. The van der Waals surface area contributed by atoms with E-state index < -0.39 is 0 Å². The molecule has 5 heteroatoms. The van der Waals surface area contributed by atoms with Gasteiger partial charge in [0.05, 0.1) is 13.7 Å². The van der Waals surface area contributed by atoms with Crippen LogP contribution in [0.4, 0.5) is 0 Å². The smallest absolute Gasteiger partial charge is 0.319 e. The van der Waals surface area contributed by atoms with E-state index in [4.69, 9.17) is 4.74 Å². The van der Waals surface area contributed by atoms with Crippen LogP contribution in [0.15, 0.2) is 0 Å². The van der Waals surface area contributed by atoms with Crippen LogP contribution >= 0.6 is 0 Å². The molecule has 2 fully saturated rings. The number of methoxy groups -OCH3 is 1. The summed E-state index contributed by atoms with van der Waals surface area (Å²) in [7, 11) is 1.39. The van der Waals surface area contributed by atoms with E-state index in [1.807, 2.05) is 4.90 Å². The Morgan fingerprint density at radius 3 is 3.13 bits per heavy atom. The Labute approximate surface area is 88.3 Å². The molecule has 0 aromatic heterocycles. The highest BCUT2D eigenvalue weighted by Gasteiger charge is 2.40. The largest absolute Gasteiger partial charge is 0.468 e. The topological polar surface area (TPSA) is 55.8 Å². The number of ether oxygens (including phenoxy) is 2. The van der Waals surface area contributed by atoms with Crippen LogP contribution in [0, 0.1) is 0 Å². The second kappa shape index (κ2) is 4.18. The zero-order valence-corrected chi connectivity index (χ0v) is 8.77. The van der Waals surface area contributed by atoms with Crippen LogP contribution < -0.4 is 0 Å². The fraction of sp³-hybridized carbons (Fsp3) is 0.800. The quantitative estimate of drug-likeness (QED) is 0.601. The van der Waals surface area contributed by atoms with Crippen LogP contribution in [-0.2, 0) is 19.1 Å². The summed E-state index contributed by atoms with van der Waals surface area (Å²) in [6.07, 6.45) is 2.06. The molecule has 0 bridgehead atoms. The predicted octanol–water partition coefficient (Wildman–Crippen LogP) is -0.0607. The molecule has 0 spiro atoms. The monoisotopic (exact) mass is 213 g/mol. The van der Waals surface area contributed by atoms with E-state index in [0.29, 0.717) is 13.0 Å². The lowest BCUT2D eigenvalue weighted by Gasteiger charge is -2.30. The van der Waals surface area contributed by atoms with Gasteiger partial charge in [-0.15, -0.1) is 0 Å². The lowest BCUT2D eigenvalue weighted by molar-refractivity contribution is -0.156. The first-order valence-corrected chi connectivity index (χ1v) is 5.21. The molecule has 0 aromatic carbocycles. The number of hydrogen-bond acceptors (Lipinski definition) is 5. The minimum absolute atomic E-state index is 0.0177. The maximum Gasteiger partial charge on any atom is 0.319 e. The maximum atomic E-state index is 11.1. The number of carbonyl (C=O) groups is 2. The van der Waals surface area contributed by atoms with Crippen molar-refractivity contribution in [1.29, 1.82) is 0 Å². The van der Waals surface area contributed by atoms with Crippen molar-refractivity contribution in [3.05, 3.63) is 0 Å². The standard InChI is InChI=1S/C10H15NO4/c1-14-10(13)6-11-5-4-8-7(11)2-3-9(12)15-8/h7-8H,2-6H2,1H3. The Balaban J connectivity index is 1.94. The molecule has 2 aliphatic rings. The molecule has 84 valence electrons. The van der Waals surface area contributed by atoms with Gasteiger partial charge >= 0.3 is 11.9 Å². The fourth-order valence-electron chi connectivity index (χ4n) is 2.31. The Morgan fingerprint density at radius 1 is 1.60 bits per heavy atom. The number of hydrogen-bond donors (Lipinski definition) is 0. The predicted molar refractivity (Wildman–Crippen MR) is 51.1 cm³/mol. The molecule has 0 aromatic rings. The van der Waals surface area contributed by atoms with Gasteiger partial charge in [0.15, 0.2) is 0 Å². The molecule has 0 saturated carbocycles. The van der Waals surface area contributed by atoms with E-state index in [-0.39, 0.29) is 24.1 Å². The van der Waals surface area contributed by atoms with Gasteiger partial charge in [0.2, 0.25) is 0 Å². The van der Waals surface area contributed by atoms with Gasteiger partial charge in [-0.3, -0.25) is 14.5 Å². The summed E-state index contributed by atoms with van der Waals surface area (Å²) in [5.41, 5.74) is 0. The van der Waals surface area contributed by atoms with Crippen LogP contribution in [0.5, 0.6) is 0 Å². The van der Waals surface area contributed by atoms with Crippen molar-refractivity contribution < 1.29 is 19.1 Å². The average molecular weight is 213 g/mol. The molecule has 5 nitrogen and oxygen atoms in total. The molecule has 15 heavy (non-hydrogen) atoms. The first kappa shape index (κ1) is 10.4. The molecule has 2 rings (SSSR count). The molecular formula is C10H15NO4. The summed E-state index contributed by atoms with van der Waals surface area (Å²) >= 11 is 0. The Morgan fingerprint density at radius 2 is 2.40 bits per heavy atom. The lowest BCUT2D eigenvalue weighted by atomic mass is 10.0. The molecule has 2 aliphatic heterocycles. The van der Waals surface area contributed by atoms with Crippen molar-refractivity contribution in [3.63, 3.8) is 0 Å². The summed E-state index contributed by atoms with van der Waals surface area (Å²) in [5, 5.41) is 0. The fourth-order valence-corrected chi connectivity index (χ4v) is 2.31. The molecule has 2 saturated heterocycles. The van der Waals surface area contributed by atoms with Gasteiger partial charge in [-0.05, 0) is 12.8 Å². The third-order valence-corrected chi connectivity index (χ3v) is 3.09. The van der Waals surface area contributed by atoms with Crippen LogP contribution in [0.3, 0.4) is 0 Å². The van der Waals surface area contributed by atoms with Crippen LogP contribution in [-0.4, -0.2) is 49.2 Å². The van der Waals surface area contributed by atoms with Crippen LogP contribution in [0.1, 0.15) is 19.3 Å². The third-order valence-electron chi connectivity index (χ3n) is 3.09. The summed E-state index contributed by atoms with van der Waals surface area (Å²) in [5.74, 6) is -0.344. The summed E-state index contributed by atoms with van der Waals surface area (Å²) in [6.45, 7) is 1.10. The van der Waals surface area contributed by atoms with Crippen molar-refractivity contribution in [1.82, 2.24) is 4.90 Å². The molecule has 0 N–H and O–H groups in total. The zero-order chi connectivity index (χ0) is 10.8. The SMILES string of the molecule is COC(=O)CN1CCC2OC(=O)CCC21. The first-order valence-electron chi connectivity index (χ1n) is 5.21. The second-order valence-corrected chi connectivity index (χ2v) is 3.97. The van der Waals surface area contributed by atoms with Gasteiger partial charge in [-0.1, -0.05) is 0 Å². The Bertz CT molecular complexity index is 279. The van der Waals surface area contributed by atoms with Crippen molar-refractivity contribution in [3.8, 4) is 0 Å². The van der Waals surface area contributed by atoms with Crippen LogP contribution in [0.2, 0.25) is 0 Å². The highest BCUT2D eigenvalue weighted by molar-refractivity contribution is 5.72. The number of nitrogens with zero attached hydrogens (tertiary/aromatic N) is 1. The van der Waals surface area contributed by atoms with Crippen molar-refractivity contribution in [2.24, 2.45) is 0 Å². The van der Waals surface area contributed by atoms with Gasteiger partial charge in [0.1, 0.15) is 6.10 Å². The zero-order valence-electron chi connectivity index (χ0n) is 8.77. The number of fused-ring (bicyclic) bond motifs is 1. The van der Waals surface area contributed by atoms with Gasteiger partial charge < -0.3 is 9.47 Å². The maximum absolute atomic E-state index is 11.1. The van der Waals surface area contributed by atoms with Crippen molar-refractivity contribution >= 4 is 11.9 Å². The molecule has 0 amide bonds. The molecule has 2 heterocycles. The third kappa shape index (κ3) is 2.12. The number of carbonyl (C=O) groups excluding carboxylic acids is 2. The van der Waals surface area contributed by atoms with E-state index in [1.54, 1.807) is 0 Å². The van der Waals surface area contributed by atoms with Gasteiger partial charge in [0, 0.05) is 19.0 Å². The van der Waals surface area contributed by atoms with E-state index in [2.05, 4.69) is 4.74 Å². The second-order valence-electron chi connectivity index (χ2n) is 3.97. The van der Waals surface area contributed by atoms with E-state index in [0.717, 1.165) is 19.4 Å². The van der Waals surface area contributed by atoms with E-state index in [1.165, 1.54) is 7.11 Å². The van der Waals surface area contributed by atoms with Gasteiger partial charge in [-0.25, -0.2) is 0 Å². The number of rotatable bonds is 2. The lowest BCUT2D eigenvalue weighted by Crippen LogP contribution is -2.43. The molecule has 0 radical (unpaired) electrons. The van der Waals surface area contributed by atoms with Crippen molar-refractivity contribution in [2.75, 3.05) is 20.2 Å². The molecule has 2 atom stereocenters. The normalized spacial score (nSPS) is 30.9. The molecule has 0 aliphatic carbocycles. The Kier molecular flexibility index (Phi) is 2.90. The van der Waals surface area contributed by atoms with Crippen LogP contribution in [0.25, 0.3) is 0 Å². The summed E-state index contributed by atoms with van der Waals surface area (Å²) < 4.78 is 9.85. The minimum atomic E-state index is -0.229.